The SMILES string of the molecule is COC1CNC(c2nc(-c3ccc(F)cc3)no2)C1. The molecule has 0 saturated carbocycles. The predicted molar refractivity (Wildman–Crippen MR) is 65.8 cm³/mol. The minimum Gasteiger partial charge on any atom is -0.380 e. The number of methoxy groups -OCH3 is 1. The van der Waals surface area contributed by atoms with Crippen molar-refractivity contribution in [2.24, 2.45) is 0 Å². The molecule has 3 rings (SSSR count). The van der Waals surface area contributed by atoms with Crippen LogP contribution in [0.15, 0.2) is 28.8 Å². The third kappa shape index (κ3) is 2.50. The second kappa shape index (κ2) is 5.07. The van der Waals surface area contributed by atoms with Crippen molar-refractivity contribution in [1.82, 2.24) is 15.5 Å². The first kappa shape index (κ1) is 12.3. The summed E-state index contributed by atoms with van der Waals surface area (Å²) in [5.41, 5.74) is 0.734. The van der Waals surface area contributed by atoms with Crippen molar-refractivity contribution in [3.8, 4) is 11.4 Å². The molecular weight excluding hydrogens is 249 g/mol. The lowest BCUT2D eigenvalue weighted by atomic mass is 10.2. The smallest absolute Gasteiger partial charge is 0.244 e. The number of rotatable bonds is 3. The fourth-order valence-corrected chi connectivity index (χ4v) is 2.16. The quantitative estimate of drug-likeness (QED) is 0.916. The Balaban J connectivity index is 1.78. The summed E-state index contributed by atoms with van der Waals surface area (Å²) in [6.45, 7) is 0.773. The van der Waals surface area contributed by atoms with Crippen LogP contribution in [0.1, 0.15) is 18.4 Å². The van der Waals surface area contributed by atoms with E-state index in [9.17, 15) is 4.39 Å². The maximum atomic E-state index is 12.8. The van der Waals surface area contributed by atoms with E-state index in [-0.39, 0.29) is 18.0 Å². The molecule has 1 N–H and O–H groups in total. The largest absolute Gasteiger partial charge is 0.380 e. The summed E-state index contributed by atoms with van der Waals surface area (Å²) >= 11 is 0. The minimum atomic E-state index is -0.284. The molecule has 1 fully saturated rings. The zero-order valence-corrected chi connectivity index (χ0v) is 10.5. The van der Waals surface area contributed by atoms with Gasteiger partial charge in [-0.3, -0.25) is 0 Å². The molecular formula is C13H14FN3O2. The van der Waals surface area contributed by atoms with Crippen LogP contribution in [0.2, 0.25) is 0 Å². The molecule has 0 amide bonds. The third-order valence-corrected chi connectivity index (χ3v) is 3.27. The van der Waals surface area contributed by atoms with Crippen LogP contribution in [-0.4, -0.2) is 29.9 Å². The van der Waals surface area contributed by atoms with Gasteiger partial charge >= 0.3 is 0 Å². The van der Waals surface area contributed by atoms with Gasteiger partial charge in [0.05, 0.1) is 12.1 Å². The second-order valence-electron chi connectivity index (χ2n) is 4.52. The molecule has 1 aliphatic heterocycles. The van der Waals surface area contributed by atoms with Crippen molar-refractivity contribution >= 4 is 0 Å². The van der Waals surface area contributed by atoms with Gasteiger partial charge in [-0.1, -0.05) is 5.16 Å². The molecule has 2 atom stereocenters. The lowest BCUT2D eigenvalue weighted by molar-refractivity contribution is 0.116. The van der Waals surface area contributed by atoms with Gasteiger partial charge in [0.15, 0.2) is 0 Å². The lowest BCUT2D eigenvalue weighted by Gasteiger charge is -2.04. The molecule has 0 aliphatic carbocycles. The molecule has 0 spiro atoms. The van der Waals surface area contributed by atoms with Gasteiger partial charge in [0, 0.05) is 19.2 Å². The number of benzene rings is 1. The summed E-state index contributed by atoms with van der Waals surface area (Å²) in [4.78, 5) is 4.34. The Labute approximate surface area is 109 Å². The number of nitrogens with one attached hydrogen (secondary N) is 1. The van der Waals surface area contributed by atoms with Crippen LogP contribution in [0.25, 0.3) is 11.4 Å². The van der Waals surface area contributed by atoms with Crippen molar-refractivity contribution in [1.29, 1.82) is 0 Å². The van der Waals surface area contributed by atoms with Gasteiger partial charge in [-0.05, 0) is 30.7 Å². The number of halogens is 1. The summed E-state index contributed by atoms with van der Waals surface area (Å²) in [6, 6.07) is 6.03. The van der Waals surface area contributed by atoms with Crippen molar-refractivity contribution in [2.45, 2.75) is 18.6 Å². The normalized spacial score (nSPS) is 22.8. The molecule has 19 heavy (non-hydrogen) atoms. The maximum absolute atomic E-state index is 12.8. The Hall–Kier alpha value is -1.79. The Morgan fingerprint density at radius 2 is 2.16 bits per heavy atom. The first-order valence-electron chi connectivity index (χ1n) is 6.12. The topological polar surface area (TPSA) is 60.2 Å². The zero-order valence-electron chi connectivity index (χ0n) is 10.5. The van der Waals surface area contributed by atoms with Crippen LogP contribution in [0, 0.1) is 5.82 Å². The molecule has 1 aromatic heterocycles. The van der Waals surface area contributed by atoms with E-state index in [1.165, 1.54) is 12.1 Å². The molecule has 2 heterocycles. The molecule has 1 aliphatic rings. The number of aromatic nitrogens is 2. The average molecular weight is 263 g/mol. The van der Waals surface area contributed by atoms with Crippen molar-refractivity contribution < 1.29 is 13.7 Å². The number of ether oxygens (including phenoxy) is 1. The first-order chi connectivity index (χ1) is 9.26. The molecule has 2 unspecified atom stereocenters. The van der Waals surface area contributed by atoms with E-state index in [4.69, 9.17) is 9.26 Å². The number of hydrogen-bond donors (Lipinski definition) is 1. The number of nitrogens with zero attached hydrogens (tertiary/aromatic N) is 2. The van der Waals surface area contributed by atoms with Crippen molar-refractivity contribution in [3.63, 3.8) is 0 Å². The highest BCUT2D eigenvalue weighted by atomic mass is 19.1. The summed E-state index contributed by atoms with van der Waals surface area (Å²) in [5, 5.41) is 7.19. The van der Waals surface area contributed by atoms with Gasteiger partial charge in [0.1, 0.15) is 5.82 Å². The van der Waals surface area contributed by atoms with Gasteiger partial charge in [-0.2, -0.15) is 4.98 Å². The Kier molecular flexibility index (Phi) is 3.27. The van der Waals surface area contributed by atoms with Gasteiger partial charge in [0.25, 0.3) is 0 Å². The van der Waals surface area contributed by atoms with Gasteiger partial charge < -0.3 is 14.6 Å². The Bertz CT molecular complexity index is 555. The van der Waals surface area contributed by atoms with E-state index >= 15 is 0 Å². The van der Waals surface area contributed by atoms with Gasteiger partial charge in [0.2, 0.25) is 11.7 Å². The van der Waals surface area contributed by atoms with Crippen LogP contribution in [-0.2, 0) is 4.74 Å². The van der Waals surface area contributed by atoms with E-state index in [2.05, 4.69) is 15.5 Å². The zero-order chi connectivity index (χ0) is 13.2. The highest BCUT2D eigenvalue weighted by Gasteiger charge is 2.29. The standard InChI is InChI=1S/C13H14FN3O2/c1-18-10-6-11(15-7-10)13-16-12(17-19-13)8-2-4-9(14)5-3-8/h2-5,10-11,15H,6-7H2,1H3. The predicted octanol–water partition coefficient (Wildman–Crippen LogP) is 1.93. The van der Waals surface area contributed by atoms with Crippen LogP contribution in [0.3, 0.4) is 0 Å². The molecule has 5 nitrogen and oxygen atoms in total. The second-order valence-corrected chi connectivity index (χ2v) is 4.52. The summed E-state index contributed by atoms with van der Waals surface area (Å²) in [7, 11) is 1.69. The summed E-state index contributed by atoms with van der Waals surface area (Å²) in [6.07, 6.45) is 0.979. The van der Waals surface area contributed by atoms with Crippen LogP contribution >= 0.6 is 0 Å². The van der Waals surface area contributed by atoms with Gasteiger partial charge in [-0.25, -0.2) is 4.39 Å². The minimum absolute atomic E-state index is 0.0200. The fraction of sp³-hybridized carbons (Fsp3) is 0.385. The maximum Gasteiger partial charge on any atom is 0.244 e. The summed E-state index contributed by atoms with van der Waals surface area (Å²) in [5.74, 6) is 0.726. The van der Waals surface area contributed by atoms with Crippen LogP contribution in [0.5, 0.6) is 0 Å². The van der Waals surface area contributed by atoms with E-state index in [1.54, 1.807) is 19.2 Å². The van der Waals surface area contributed by atoms with E-state index in [0.717, 1.165) is 18.5 Å². The van der Waals surface area contributed by atoms with Crippen molar-refractivity contribution in [2.75, 3.05) is 13.7 Å². The van der Waals surface area contributed by atoms with E-state index in [0.29, 0.717) is 11.7 Å². The molecule has 0 radical (unpaired) electrons. The molecule has 100 valence electrons. The molecule has 6 heteroatoms. The Morgan fingerprint density at radius 3 is 2.84 bits per heavy atom. The highest BCUT2D eigenvalue weighted by Crippen LogP contribution is 2.25. The van der Waals surface area contributed by atoms with Gasteiger partial charge in [-0.15, -0.1) is 0 Å². The first-order valence-corrected chi connectivity index (χ1v) is 6.12. The van der Waals surface area contributed by atoms with Crippen LogP contribution in [0.4, 0.5) is 4.39 Å². The monoisotopic (exact) mass is 263 g/mol. The summed E-state index contributed by atoms with van der Waals surface area (Å²) < 4.78 is 23.4. The average Bonchev–Trinajstić information content (AvgIpc) is 3.08. The van der Waals surface area contributed by atoms with Crippen molar-refractivity contribution in [3.05, 3.63) is 36.0 Å². The molecule has 2 aromatic rings. The molecule has 0 bridgehead atoms. The molecule has 1 saturated heterocycles. The van der Waals surface area contributed by atoms with E-state index in [1.807, 2.05) is 0 Å². The third-order valence-electron chi connectivity index (χ3n) is 3.27. The van der Waals surface area contributed by atoms with E-state index < -0.39 is 0 Å². The van der Waals surface area contributed by atoms with Crippen LogP contribution < -0.4 is 5.32 Å². The number of hydrogen-bond acceptors (Lipinski definition) is 5. The Morgan fingerprint density at radius 1 is 1.37 bits per heavy atom. The lowest BCUT2D eigenvalue weighted by Crippen LogP contribution is -2.16. The highest BCUT2D eigenvalue weighted by molar-refractivity contribution is 5.53. The fourth-order valence-electron chi connectivity index (χ4n) is 2.16. The molecule has 1 aromatic carbocycles.